The molecule has 4 nitrogen and oxygen atoms in total. The van der Waals surface area contributed by atoms with Gasteiger partial charge in [-0.1, -0.05) is 59.7 Å². The van der Waals surface area contributed by atoms with Gasteiger partial charge in [-0.2, -0.15) is 0 Å². The van der Waals surface area contributed by atoms with Gasteiger partial charge in [0.1, 0.15) is 0 Å². The Bertz CT molecular complexity index is 546. The van der Waals surface area contributed by atoms with Crippen molar-refractivity contribution in [1.82, 2.24) is 9.80 Å². The summed E-state index contributed by atoms with van der Waals surface area (Å²) in [6.07, 6.45) is 0. The number of urea groups is 1. The van der Waals surface area contributed by atoms with Crippen LogP contribution in [0.4, 0.5) is 10.5 Å². The van der Waals surface area contributed by atoms with Crippen LogP contribution in [0.3, 0.4) is 0 Å². The lowest BCUT2D eigenvalue weighted by Crippen LogP contribution is -2.50. The van der Waals surface area contributed by atoms with E-state index in [0.717, 1.165) is 38.4 Å². The Hall–Kier alpha value is -1.55. The van der Waals surface area contributed by atoms with Gasteiger partial charge in [-0.25, -0.2) is 4.79 Å². The van der Waals surface area contributed by atoms with E-state index in [9.17, 15) is 4.79 Å². The molecule has 0 aliphatic carbocycles. The predicted molar refractivity (Wildman–Crippen MR) is 106 cm³/mol. The average Bonchev–Trinajstić information content (AvgIpc) is 2.54. The van der Waals surface area contributed by atoms with Crippen LogP contribution in [0, 0.1) is 5.92 Å². The van der Waals surface area contributed by atoms with Crippen molar-refractivity contribution in [3.05, 3.63) is 29.3 Å². The quantitative estimate of drug-likeness (QED) is 0.837. The van der Waals surface area contributed by atoms with Crippen LogP contribution in [0.2, 0.25) is 0 Å². The summed E-state index contributed by atoms with van der Waals surface area (Å²) < 4.78 is 0. The lowest BCUT2D eigenvalue weighted by atomic mass is 9.93. The zero-order chi connectivity index (χ0) is 18.6. The van der Waals surface area contributed by atoms with Crippen molar-refractivity contribution in [3.8, 4) is 0 Å². The Kier molecular flexibility index (Phi) is 6.88. The highest BCUT2D eigenvalue weighted by atomic mass is 16.2. The van der Waals surface area contributed by atoms with E-state index >= 15 is 0 Å². The molecule has 0 bridgehead atoms. The minimum Gasteiger partial charge on any atom is -0.322 e. The van der Waals surface area contributed by atoms with E-state index < -0.39 is 0 Å². The highest BCUT2D eigenvalue weighted by molar-refractivity contribution is 5.91. The number of benzene rings is 1. The summed E-state index contributed by atoms with van der Waals surface area (Å²) in [6, 6.07) is 6.41. The van der Waals surface area contributed by atoms with Gasteiger partial charge in [0, 0.05) is 38.4 Å². The van der Waals surface area contributed by atoms with Crippen LogP contribution in [-0.4, -0.2) is 48.6 Å². The molecule has 1 heterocycles. The van der Waals surface area contributed by atoms with Crippen LogP contribution in [0.5, 0.6) is 0 Å². The van der Waals surface area contributed by atoms with Gasteiger partial charge in [0.2, 0.25) is 0 Å². The van der Waals surface area contributed by atoms with Gasteiger partial charge in [-0.15, -0.1) is 0 Å². The molecule has 1 aliphatic rings. The summed E-state index contributed by atoms with van der Waals surface area (Å²) in [7, 11) is 0. The molecule has 0 spiro atoms. The zero-order valence-corrected chi connectivity index (χ0v) is 16.8. The first-order valence-electron chi connectivity index (χ1n) is 9.70. The maximum Gasteiger partial charge on any atom is 0.321 e. The van der Waals surface area contributed by atoms with Crippen molar-refractivity contribution in [2.75, 3.05) is 38.0 Å². The zero-order valence-electron chi connectivity index (χ0n) is 16.8. The second-order valence-electron chi connectivity index (χ2n) is 8.23. The number of nitrogens with zero attached hydrogens (tertiary/aromatic N) is 2. The molecule has 4 heteroatoms. The molecule has 0 radical (unpaired) electrons. The van der Waals surface area contributed by atoms with Crippen molar-refractivity contribution in [2.24, 2.45) is 5.92 Å². The summed E-state index contributed by atoms with van der Waals surface area (Å²) in [5.41, 5.74) is 3.46. The third kappa shape index (κ3) is 5.21. The van der Waals surface area contributed by atoms with Crippen molar-refractivity contribution in [2.45, 2.75) is 53.4 Å². The molecule has 0 saturated carbocycles. The lowest BCUT2D eigenvalue weighted by Gasteiger charge is -2.35. The summed E-state index contributed by atoms with van der Waals surface area (Å²) in [6.45, 7) is 17.9. The Morgan fingerprint density at radius 1 is 0.960 bits per heavy atom. The highest BCUT2D eigenvalue weighted by Crippen LogP contribution is 2.32. The molecule has 1 aromatic rings. The summed E-state index contributed by atoms with van der Waals surface area (Å²) >= 11 is 0. The van der Waals surface area contributed by atoms with E-state index in [-0.39, 0.29) is 6.03 Å². The molecule has 1 aromatic carbocycles. The number of anilines is 1. The second-order valence-corrected chi connectivity index (χ2v) is 8.23. The van der Waals surface area contributed by atoms with Crippen molar-refractivity contribution >= 4 is 11.7 Å². The number of nitrogens with one attached hydrogen (secondary N) is 1. The molecule has 2 amide bonds. The maximum atomic E-state index is 12.8. The summed E-state index contributed by atoms with van der Waals surface area (Å²) in [5.74, 6) is 1.45. The minimum atomic E-state index is 0.0409. The first-order chi connectivity index (χ1) is 11.8. The van der Waals surface area contributed by atoms with Crippen LogP contribution in [0.1, 0.15) is 64.5 Å². The van der Waals surface area contributed by atoms with Crippen LogP contribution in [0.15, 0.2) is 18.2 Å². The molecule has 1 fully saturated rings. The van der Waals surface area contributed by atoms with E-state index in [4.69, 9.17) is 0 Å². The maximum absolute atomic E-state index is 12.8. The van der Waals surface area contributed by atoms with Gasteiger partial charge < -0.3 is 10.2 Å². The average molecular weight is 346 g/mol. The van der Waals surface area contributed by atoms with E-state index in [2.05, 4.69) is 70.0 Å². The number of hydrogen-bond donors (Lipinski definition) is 1. The van der Waals surface area contributed by atoms with Crippen LogP contribution in [-0.2, 0) is 0 Å². The Balaban J connectivity index is 2.08. The van der Waals surface area contributed by atoms with Crippen molar-refractivity contribution < 1.29 is 4.79 Å². The molecule has 2 rings (SSSR count). The number of para-hydroxylation sites is 1. The van der Waals surface area contributed by atoms with Crippen LogP contribution >= 0.6 is 0 Å². The number of carbonyl (C=O) groups is 1. The van der Waals surface area contributed by atoms with Crippen molar-refractivity contribution in [1.29, 1.82) is 0 Å². The number of hydrogen-bond acceptors (Lipinski definition) is 2. The fraction of sp³-hybridized carbons (Fsp3) is 0.667. The predicted octanol–water partition coefficient (Wildman–Crippen LogP) is 4.74. The van der Waals surface area contributed by atoms with Gasteiger partial charge >= 0.3 is 6.03 Å². The smallest absolute Gasteiger partial charge is 0.321 e. The van der Waals surface area contributed by atoms with Gasteiger partial charge in [0.15, 0.2) is 0 Å². The third-order valence-corrected chi connectivity index (χ3v) is 4.89. The molecule has 1 aliphatic heterocycles. The van der Waals surface area contributed by atoms with E-state index in [1.165, 1.54) is 11.1 Å². The number of rotatable bonds is 5. The summed E-state index contributed by atoms with van der Waals surface area (Å²) in [5, 5.41) is 3.24. The summed E-state index contributed by atoms with van der Waals surface area (Å²) in [4.78, 5) is 17.3. The first-order valence-corrected chi connectivity index (χ1v) is 9.70. The Labute approximate surface area is 153 Å². The fourth-order valence-electron chi connectivity index (χ4n) is 3.53. The molecular weight excluding hydrogens is 310 g/mol. The normalized spacial score (nSPS) is 16.1. The van der Waals surface area contributed by atoms with E-state index in [0.29, 0.717) is 17.8 Å². The molecular formula is C21H35N3O. The SMILES string of the molecule is CC(C)CN1CCN(C(=O)Nc2c(C(C)C)cccc2C(C)C)CC1. The Morgan fingerprint density at radius 2 is 1.48 bits per heavy atom. The standard InChI is InChI=1S/C21H35N3O/c1-15(2)14-23-10-12-24(13-11-23)21(25)22-20-18(16(3)4)8-7-9-19(20)17(5)6/h7-9,15-17H,10-14H2,1-6H3,(H,22,25). The van der Waals surface area contributed by atoms with E-state index in [1.54, 1.807) is 0 Å². The van der Waals surface area contributed by atoms with E-state index in [1.807, 2.05) is 4.90 Å². The molecule has 0 atom stereocenters. The number of carbonyl (C=O) groups excluding carboxylic acids is 1. The van der Waals surface area contributed by atoms with Gasteiger partial charge in [-0.3, -0.25) is 4.90 Å². The second kappa shape index (κ2) is 8.70. The topological polar surface area (TPSA) is 35.6 Å². The van der Waals surface area contributed by atoms with Crippen molar-refractivity contribution in [3.63, 3.8) is 0 Å². The van der Waals surface area contributed by atoms with Gasteiger partial charge in [0.05, 0.1) is 0 Å². The van der Waals surface area contributed by atoms with Crippen LogP contribution in [0.25, 0.3) is 0 Å². The minimum absolute atomic E-state index is 0.0409. The van der Waals surface area contributed by atoms with Gasteiger partial charge in [0.25, 0.3) is 0 Å². The monoisotopic (exact) mass is 345 g/mol. The molecule has 140 valence electrons. The lowest BCUT2D eigenvalue weighted by molar-refractivity contribution is 0.138. The highest BCUT2D eigenvalue weighted by Gasteiger charge is 2.23. The number of piperazine rings is 1. The molecule has 1 N–H and O–H groups in total. The fourth-order valence-corrected chi connectivity index (χ4v) is 3.53. The molecule has 0 unspecified atom stereocenters. The van der Waals surface area contributed by atoms with Gasteiger partial charge in [-0.05, 0) is 28.9 Å². The van der Waals surface area contributed by atoms with Crippen LogP contribution < -0.4 is 5.32 Å². The third-order valence-electron chi connectivity index (χ3n) is 4.89. The molecule has 1 saturated heterocycles. The Morgan fingerprint density at radius 3 is 1.92 bits per heavy atom. The number of amides is 2. The first kappa shape index (κ1) is 19.8. The molecule has 0 aromatic heterocycles. The largest absolute Gasteiger partial charge is 0.322 e. The molecule has 25 heavy (non-hydrogen) atoms.